The summed E-state index contributed by atoms with van der Waals surface area (Å²) in [7, 11) is 0. The van der Waals surface area contributed by atoms with E-state index in [0.717, 1.165) is 23.1 Å². The van der Waals surface area contributed by atoms with Crippen LogP contribution in [-0.4, -0.2) is 58.1 Å². The highest BCUT2D eigenvalue weighted by molar-refractivity contribution is 6.04. The zero-order valence-electron chi connectivity index (χ0n) is 23.0. The number of amides is 3. The SMILES string of the molecule is Cc1ccc(C)c(NC(=O)C2N(CCCCCO)C(=O)[C@@H]3[C@H](C(=O)NCc4ccccc4)[C@]4(C)CCC23O4)c1. The lowest BCUT2D eigenvalue weighted by Gasteiger charge is -2.33. The molecule has 2 bridgehead atoms. The molecule has 3 aliphatic rings. The van der Waals surface area contributed by atoms with E-state index in [9.17, 15) is 19.5 Å². The van der Waals surface area contributed by atoms with E-state index in [-0.39, 0.29) is 24.3 Å². The number of rotatable bonds is 10. The Morgan fingerprint density at radius 1 is 1.05 bits per heavy atom. The Bertz CT molecular complexity index is 1250. The normalized spacial score (nSPS) is 29.0. The second kappa shape index (κ2) is 10.7. The van der Waals surface area contributed by atoms with E-state index < -0.39 is 29.1 Å². The summed E-state index contributed by atoms with van der Waals surface area (Å²) in [6.45, 7) is 6.64. The van der Waals surface area contributed by atoms with Crippen LogP contribution < -0.4 is 10.6 Å². The minimum atomic E-state index is -1.06. The molecule has 2 aromatic rings. The third-order valence-corrected chi connectivity index (χ3v) is 8.83. The molecule has 1 spiro atoms. The van der Waals surface area contributed by atoms with Crippen molar-refractivity contribution in [2.45, 2.75) is 76.7 Å². The van der Waals surface area contributed by atoms with Gasteiger partial charge in [0.25, 0.3) is 0 Å². The lowest BCUT2D eigenvalue weighted by molar-refractivity contribution is -0.144. The zero-order valence-corrected chi connectivity index (χ0v) is 23.0. The minimum absolute atomic E-state index is 0.0855. The molecular formula is C31H39N3O5. The summed E-state index contributed by atoms with van der Waals surface area (Å²) < 4.78 is 6.69. The fraction of sp³-hybridized carbons (Fsp3) is 0.516. The third kappa shape index (κ3) is 4.85. The Morgan fingerprint density at radius 2 is 1.82 bits per heavy atom. The van der Waals surface area contributed by atoms with Crippen LogP contribution >= 0.6 is 0 Å². The van der Waals surface area contributed by atoms with E-state index in [1.54, 1.807) is 4.90 Å². The van der Waals surface area contributed by atoms with Gasteiger partial charge in [-0.1, -0.05) is 42.5 Å². The van der Waals surface area contributed by atoms with Gasteiger partial charge in [0.2, 0.25) is 17.7 Å². The molecule has 0 radical (unpaired) electrons. The van der Waals surface area contributed by atoms with Gasteiger partial charge in [-0.15, -0.1) is 0 Å². The van der Waals surface area contributed by atoms with Gasteiger partial charge in [0.1, 0.15) is 11.6 Å². The lowest BCUT2D eigenvalue weighted by Crippen LogP contribution is -2.53. The summed E-state index contributed by atoms with van der Waals surface area (Å²) in [5, 5.41) is 15.3. The number of nitrogens with zero attached hydrogens (tertiary/aromatic N) is 1. The van der Waals surface area contributed by atoms with Gasteiger partial charge in [-0.3, -0.25) is 14.4 Å². The topological polar surface area (TPSA) is 108 Å². The van der Waals surface area contributed by atoms with Crippen molar-refractivity contribution < 1.29 is 24.2 Å². The van der Waals surface area contributed by atoms with Crippen molar-refractivity contribution in [3.63, 3.8) is 0 Å². The Balaban J connectivity index is 1.44. The van der Waals surface area contributed by atoms with Crippen molar-refractivity contribution in [1.82, 2.24) is 10.2 Å². The highest BCUT2D eigenvalue weighted by atomic mass is 16.5. The van der Waals surface area contributed by atoms with Gasteiger partial charge < -0.3 is 25.4 Å². The molecule has 0 aliphatic carbocycles. The van der Waals surface area contributed by atoms with Crippen molar-refractivity contribution in [3.8, 4) is 0 Å². The number of ether oxygens (including phenoxy) is 1. The third-order valence-electron chi connectivity index (χ3n) is 8.83. The zero-order chi connectivity index (χ0) is 27.8. The van der Waals surface area contributed by atoms with Crippen molar-refractivity contribution in [2.75, 3.05) is 18.5 Å². The maximum absolute atomic E-state index is 14.1. The summed E-state index contributed by atoms with van der Waals surface area (Å²) in [4.78, 5) is 43.4. The number of benzene rings is 2. The fourth-order valence-electron chi connectivity index (χ4n) is 6.90. The Morgan fingerprint density at radius 3 is 2.56 bits per heavy atom. The van der Waals surface area contributed by atoms with E-state index in [0.29, 0.717) is 44.5 Å². The van der Waals surface area contributed by atoms with Crippen molar-refractivity contribution in [3.05, 3.63) is 65.2 Å². The molecule has 8 nitrogen and oxygen atoms in total. The number of carbonyl (C=O) groups excluding carboxylic acids is 3. The van der Waals surface area contributed by atoms with Crippen molar-refractivity contribution in [1.29, 1.82) is 0 Å². The van der Waals surface area contributed by atoms with Crippen LogP contribution in [0.1, 0.15) is 55.7 Å². The monoisotopic (exact) mass is 533 g/mol. The molecule has 0 saturated carbocycles. The van der Waals surface area contributed by atoms with Crippen LogP contribution in [0.25, 0.3) is 0 Å². The fourth-order valence-corrected chi connectivity index (χ4v) is 6.90. The van der Waals surface area contributed by atoms with Gasteiger partial charge in [-0.05, 0) is 75.6 Å². The number of hydrogen-bond donors (Lipinski definition) is 3. The lowest BCUT2D eigenvalue weighted by atomic mass is 9.66. The molecular weight excluding hydrogens is 494 g/mol. The highest BCUT2D eigenvalue weighted by Crippen LogP contribution is 2.63. The van der Waals surface area contributed by atoms with Gasteiger partial charge >= 0.3 is 0 Å². The Kier molecular flexibility index (Phi) is 7.53. The summed E-state index contributed by atoms with van der Waals surface area (Å²) >= 11 is 0. The Hall–Kier alpha value is -3.23. The average Bonchev–Trinajstić information content (AvgIpc) is 3.48. The number of aryl methyl sites for hydroxylation is 2. The summed E-state index contributed by atoms with van der Waals surface area (Å²) in [5.74, 6) is -2.09. The molecule has 5 rings (SSSR count). The largest absolute Gasteiger partial charge is 0.396 e. The number of likely N-dealkylation sites (tertiary alicyclic amines) is 1. The van der Waals surface area contributed by atoms with Crippen LogP contribution in [0, 0.1) is 25.7 Å². The van der Waals surface area contributed by atoms with Crippen LogP contribution in [0.3, 0.4) is 0 Å². The van der Waals surface area contributed by atoms with Gasteiger partial charge in [-0.2, -0.15) is 0 Å². The first-order valence-corrected chi connectivity index (χ1v) is 14.0. The molecule has 5 atom stereocenters. The predicted molar refractivity (Wildman–Crippen MR) is 148 cm³/mol. The van der Waals surface area contributed by atoms with Crippen LogP contribution in [0.15, 0.2) is 48.5 Å². The van der Waals surface area contributed by atoms with E-state index >= 15 is 0 Å². The van der Waals surface area contributed by atoms with Gasteiger partial charge in [-0.25, -0.2) is 0 Å². The summed E-state index contributed by atoms with van der Waals surface area (Å²) in [5.41, 5.74) is 1.77. The van der Waals surface area contributed by atoms with E-state index in [1.807, 2.05) is 69.3 Å². The quantitative estimate of drug-likeness (QED) is 0.405. The molecule has 3 saturated heterocycles. The van der Waals surface area contributed by atoms with Gasteiger partial charge in [0.15, 0.2) is 0 Å². The van der Waals surface area contributed by atoms with Crippen LogP contribution in [0.4, 0.5) is 5.69 Å². The van der Waals surface area contributed by atoms with Crippen molar-refractivity contribution >= 4 is 23.4 Å². The van der Waals surface area contributed by atoms with Crippen LogP contribution in [0.2, 0.25) is 0 Å². The van der Waals surface area contributed by atoms with Crippen LogP contribution in [0.5, 0.6) is 0 Å². The molecule has 3 aliphatic heterocycles. The van der Waals surface area contributed by atoms with E-state index in [1.165, 1.54) is 0 Å². The van der Waals surface area contributed by atoms with E-state index in [4.69, 9.17) is 4.74 Å². The number of aliphatic hydroxyl groups excluding tert-OH is 1. The Labute approximate surface area is 230 Å². The van der Waals surface area contributed by atoms with E-state index in [2.05, 4.69) is 10.6 Å². The highest BCUT2D eigenvalue weighted by Gasteiger charge is 2.77. The van der Waals surface area contributed by atoms with Gasteiger partial charge in [0, 0.05) is 25.4 Å². The van der Waals surface area contributed by atoms with Crippen molar-refractivity contribution in [2.24, 2.45) is 11.8 Å². The maximum atomic E-state index is 14.1. The molecule has 8 heteroatoms. The number of nitrogens with one attached hydrogen (secondary N) is 2. The first-order valence-electron chi connectivity index (χ1n) is 14.0. The molecule has 208 valence electrons. The molecule has 3 fully saturated rings. The first-order chi connectivity index (χ1) is 18.7. The second-order valence-electron chi connectivity index (χ2n) is 11.6. The molecule has 39 heavy (non-hydrogen) atoms. The molecule has 3 N–H and O–H groups in total. The molecule has 3 amide bonds. The number of unbranched alkanes of at least 4 members (excludes halogenated alkanes) is 2. The summed E-state index contributed by atoms with van der Waals surface area (Å²) in [6.07, 6.45) is 3.18. The smallest absolute Gasteiger partial charge is 0.250 e. The first kappa shape index (κ1) is 27.3. The number of fused-ring (bicyclic) bond motifs is 1. The minimum Gasteiger partial charge on any atom is -0.396 e. The molecule has 2 unspecified atom stereocenters. The predicted octanol–water partition coefficient (Wildman–Crippen LogP) is 3.49. The number of aliphatic hydroxyl groups is 1. The van der Waals surface area contributed by atoms with Gasteiger partial charge in [0.05, 0.1) is 17.4 Å². The number of anilines is 1. The molecule has 0 aromatic heterocycles. The number of hydrogen-bond acceptors (Lipinski definition) is 5. The summed E-state index contributed by atoms with van der Waals surface area (Å²) in [6, 6.07) is 14.7. The average molecular weight is 534 g/mol. The second-order valence-corrected chi connectivity index (χ2v) is 11.6. The maximum Gasteiger partial charge on any atom is 0.250 e. The molecule has 2 aromatic carbocycles. The van der Waals surface area contributed by atoms with Crippen LogP contribution in [-0.2, 0) is 25.7 Å². The standard InChI is InChI=1S/C31H39N3O5/c1-20-12-13-21(2)23(18-20)33-28(37)26-31-15-14-30(3,39-31)24(27(36)32-19-22-10-6-4-7-11-22)25(31)29(38)34(26)16-8-5-9-17-35/h4,6-7,10-13,18,24-26,35H,5,8-9,14-17,19H2,1-3H3,(H,32,36)(H,33,37)/t24-,25+,26?,30+,31?/m1/s1. The number of carbonyl (C=O) groups is 3. The molecule has 3 heterocycles.